The normalized spacial score (nSPS) is 13.7. The first-order valence-corrected chi connectivity index (χ1v) is 8.08. The van der Waals surface area contributed by atoms with Gasteiger partial charge in [-0.15, -0.1) is 0 Å². The van der Waals surface area contributed by atoms with Crippen LogP contribution in [0.3, 0.4) is 0 Å². The van der Waals surface area contributed by atoms with Crippen molar-refractivity contribution in [3.8, 4) is 5.75 Å². The number of nitro groups is 1. The van der Waals surface area contributed by atoms with Gasteiger partial charge in [-0.3, -0.25) is 0 Å². The van der Waals surface area contributed by atoms with Gasteiger partial charge < -0.3 is 0 Å². The molecule has 1 aromatic heterocycles. The summed E-state index contributed by atoms with van der Waals surface area (Å²) in [5.41, 5.74) is 1.80. The predicted molar refractivity (Wildman–Crippen MR) is 73.0 cm³/mol. The van der Waals surface area contributed by atoms with E-state index in [0.717, 1.165) is 11.4 Å². The van der Waals surface area contributed by atoms with Crippen LogP contribution in [0, 0.1) is 10.1 Å². The maximum atomic E-state index is 10.9. The van der Waals surface area contributed by atoms with Gasteiger partial charge in [-0.2, -0.15) is 0 Å². The van der Waals surface area contributed by atoms with Crippen molar-refractivity contribution in [3.05, 3.63) is 46.5 Å². The van der Waals surface area contributed by atoms with Crippen molar-refractivity contribution in [2.24, 2.45) is 0 Å². The molecule has 0 spiro atoms. The molecule has 7 nitrogen and oxygen atoms in total. The quantitative estimate of drug-likeness (QED) is 0.388. The van der Waals surface area contributed by atoms with E-state index in [1.807, 2.05) is 14.9 Å². The number of imidazole rings is 1. The minimum atomic E-state index is -0.388. The number of anilines is 1. The number of ether oxygens (including phenoxy) is 1. The summed E-state index contributed by atoms with van der Waals surface area (Å²) in [5.74, 6) is 0.689. The first kappa shape index (κ1) is 13.3. The van der Waals surface area contributed by atoms with Crippen molar-refractivity contribution in [1.29, 1.82) is 0 Å². The summed E-state index contributed by atoms with van der Waals surface area (Å²) in [5, 5.41) is 10.9. The van der Waals surface area contributed by atoms with Crippen LogP contribution in [-0.4, -0.2) is 51.5 Å². The van der Waals surface area contributed by atoms with Crippen molar-refractivity contribution in [1.82, 2.24) is 7.36 Å². The molecule has 0 saturated carbocycles. The molecule has 2 heterocycles. The van der Waals surface area contributed by atoms with Crippen molar-refractivity contribution >= 4 is 37.4 Å². The van der Waals surface area contributed by atoms with Crippen LogP contribution >= 0.6 is 0 Å². The van der Waals surface area contributed by atoms with Gasteiger partial charge in [0.25, 0.3) is 0 Å². The molecule has 0 saturated heterocycles. The summed E-state index contributed by atoms with van der Waals surface area (Å²) in [6.07, 6.45) is 3.83. The van der Waals surface area contributed by atoms with E-state index in [9.17, 15) is 10.1 Å². The fourth-order valence-corrected chi connectivity index (χ4v) is 3.12. The summed E-state index contributed by atoms with van der Waals surface area (Å²) in [6.45, 7) is 1.91. The number of hydrogen-bond acceptors (Lipinski definition) is 5. The van der Waals surface area contributed by atoms with Crippen molar-refractivity contribution in [2.45, 2.75) is 6.54 Å². The van der Waals surface area contributed by atoms with Crippen LogP contribution in [0.1, 0.15) is 5.69 Å². The molecule has 0 N–H and O–H groups in total. The fourth-order valence-electron chi connectivity index (χ4n) is 2.20. The molecule has 8 heteroatoms. The zero-order chi connectivity index (χ0) is 14.1. The third-order valence-electron chi connectivity index (χ3n) is 3.12. The zero-order valence-electron chi connectivity index (χ0n) is 10.6. The van der Waals surface area contributed by atoms with Gasteiger partial charge in [0.1, 0.15) is 0 Å². The number of benzene rings is 1. The van der Waals surface area contributed by atoms with E-state index >= 15 is 0 Å². The molecule has 100 valence electrons. The van der Waals surface area contributed by atoms with Crippen LogP contribution in [0.25, 0.3) is 0 Å². The van der Waals surface area contributed by atoms with E-state index in [4.69, 9.17) is 4.74 Å². The topological polar surface area (TPSA) is 73.4 Å². The molecule has 1 aliphatic rings. The fraction of sp³-hybridized carbons (Fsp3) is 0.250. The molecule has 0 atom stereocenters. The Labute approximate surface area is 131 Å². The van der Waals surface area contributed by atoms with Crippen LogP contribution in [0.15, 0.2) is 30.7 Å². The number of non-ortho nitro benzene ring substituents is 1. The molecule has 0 radical (unpaired) electrons. The molecule has 2 aromatic rings. The zero-order valence-corrected chi connectivity index (χ0v) is 15.1. The van der Waals surface area contributed by atoms with Crippen LogP contribution in [0.5, 0.6) is 5.75 Å². The molecule has 0 bridgehead atoms. The van der Waals surface area contributed by atoms with Crippen molar-refractivity contribution < 1.29 is 9.66 Å². The Morgan fingerprint density at radius 1 is 1.50 bits per heavy atom. The standard InChI is InChI=1S/C12H11N4O3.Tl/c17-16(18)10-1-2-12-11(5-10)15(3-4-19-12)7-9-6-13-8-14-9;/h1-2,5-6,8H,3-4,7H2;/q-1;+1. The number of nitrogens with zero attached hydrogens (tertiary/aromatic N) is 4. The van der Waals surface area contributed by atoms with Gasteiger partial charge >= 0.3 is 131 Å². The number of hydrogen-bond donors (Lipinski definition) is 0. The minimum absolute atomic E-state index is 0.0779. The van der Waals surface area contributed by atoms with E-state index in [2.05, 4.69) is 9.88 Å². The Morgan fingerprint density at radius 2 is 2.35 bits per heavy atom. The molecular formula is C12H11N4O3Tl. The summed E-state index contributed by atoms with van der Waals surface area (Å²) < 4.78 is 7.60. The Balaban J connectivity index is 1.91. The molecule has 0 fully saturated rings. The first-order chi connectivity index (χ1) is 9.63. The second-order valence-corrected chi connectivity index (χ2v) is 6.81. The molecule has 0 amide bonds. The first-order valence-electron chi connectivity index (χ1n) is 6.07. The summed E-state index contributed by atoms with van der Waals surface area (Å²) in [6, 6.07) is 4.69. The third kappa shape index (κ3) is 2.62. The van der Waals surface area contributed by atoms with Gasteiger partial charge in [0.2, 0.25) is 0 Å². The molecule has 3 rings (SSSR count). The maximum absolute atomic E-state index is 10.9. The predicted octanol–water partition coefficient (Wildman–Crippen LogP) is 1.12. The van der Waals surface area contributed by atoms with Crippen LogP contribution in [0.2, 0.25) is 0 Å². The van der Waals surface area contributed by atoms with E-state index in [-0.39, 0.29) is 10.6 Å². The summed E-state index contributed by atoms with van der Waals surface area (Å²) >= 11 is 0.694. The van der Waals surface area contributed by atoms with Crippen LogP contribution in [0.4, 0.5) is 11.4 Å². The van der Waals surface area contributed by atoms with Crippen LogP contribution < -0.4 is 9.64 Å². The number of nitro benzene ring substituents is 1. The van der Waals surface area contributed by atoms with E-state index in [0.29, 0.717) is 51.5 Å². The van der Waals surface area contributed by atoms with E-state index in [1.165, 1.54) is 6.07 Å². The average molecular weight is 464 g/mol. The second kappa shape index (κ2) is 5.39. The van der Waals surface area contributed by atoms with Gasteiger partial charge in [0.15, 0.2) is 0 Å². The van der Waals surface area contributed by atoms with Gasteiger partial charge in [-0.1, -0.05) is 0 Å². The Bertz CT molecular complexity index is 658. The van der Waals surface area contributed by atoms with Gasteiger partial charge in [-0.05, 0) is 0 Å². The summed E-state index contributed by atoms with van der Waals surface area (Å²) in [4.78, 5) is 16.9. The van der Waals surface area contributed by atoms with Crippen molar-refractivity contribution in [2.75, 3.05) is 18.1 Å². The molecule has 1 aromatic carbocycles. The number of fused-ring (bicyclic) bond motifs is 1. The van der Waals surface area contributed by atoms with Crippen LogP contribution in [-0.2, 0) is 6.54 Å². The van der Waals surface area contributed by atoms with E-state index < -0.39 is 0 Å². The SMILES string of the molecule is O=[N+]([O-])c1ccc2c(c1)N(Cc1c[n]([Tl])cn1)CCO2. The number of rotatable bonds is 3. The number of aromatic nitrogens is 2. The van der Waals surface area contributed by atoms with E-state index in [1.54, 1.807) is 12.1 Å². The third-order valence-corrected chi connectivity index (χ3v) is 4.22. The average Bonchev–Trinajstić information content (AvgIpc) is 2.84. The van der Waals surface area contributed by atoms with Gasteiger partial charge in [0.05, 0.1) is 0 Å². The van der Waals surface area contributed by atoms with Crippen molar-refractivity contribution in [3.63, 3.8) is 0 Å². The Morgan fingerprint density at radius 3 is 3.05 bits per heavy atom. The Hall–Kier alpha value is -1.65. The molecule has 0 unspecified atom stereocenters. The van der Waals surface area contributed by atoms with Gasteiger partial charge in [-0.25, -0.2) is 0 Å². The molecular weight excluding hydrogens is 453 g/mol. The van der Waals surface area contributed by atoms with Gasteiger partial charge in [0, 0.05) is 0 Å². The monoisotopic (exact) mass is 464 g/mol. The molecule has 20 heavy (non-hydrogen) atoms. The second-order valence-electron chi connectivity index (χ2n) is 4.49. The molecule has 0 aliphatic carbocycles. The summed E-state index contributed by atoms with van der Waals surface area (Å²) in [7, 11) is 0. The Kier molecular flexibility index (Phi) is 3.59. The molecule has 1 aliphatic heterocycles.